The van der Waals surface area contributed by atoms with Gasteiger partial charge in [0.1, 0.15) is 11.1 Å². The molecule has 0 spiro atoms. The Labute approximate surface area is 204 Å². The van der Waals surface area contributed by atoms with Gasteiger partial charge in [0.2, 0.25) is 0 Å². The van der Waals surface area contributed by atoms with Crippen LogP contribution in [0.4, 0.5) is 5.69 Å². The highest BCUT2D eigenvalue weighted by Gasteiger charge is 2.28. The second-order valence-electron chi connectivity index (χ2n) is 8.23. The summed E-state index contributed by atoms with van der Waals surface area (Å²) < 4.78 is 0. The number of aromatic hydroxyl groups is 1. The van der Waals surface area contributed by atoms with E-state index in [0.717, 1.165) is 49.4 Å². The van der Waals surface area contributed by atoms with Crippen molar-refractivity contribution in [1.82, 2.24) is 15.6 Å². The molecule has 2 heterocycles. The smallest absolute Gasteiger partial charge is 0.152 e. The van der Waals surface area contributed by atoms with Crippen LogP contribution in [0.3, 0.4) is 0 Å². The lowest BCUT2D eigenvalue weighted by Crippen LogP contribution is -2.24. The molecule has 0 aliphatic carbocycles. The van der Waals surface area contributed by atoms with E-state index in [1.165, 1.54) is 22.9 Å². The molecule has 1 aliphatic rings. The molecule has 2 atom stereocenters. The van der Waals surface area contributed by atoms with E-state index in [1.54, 1.807) is 12.1 Å². The van der Waals surface area contributed by atoms with Crippen molar-refractivity contribution in [2.24, 2.45) is 0 Å². The monoisotopic (exact) mass is 478 g/mol. The zero-order chi connectivity index (χ0) is 23.8. The molecule has 3 aromatic rings. The number of rotatable bonds is 12. The summed E-state index contributed by atoms with van der Waals surface area (Å²) >= 11 is 1.31. The van der Waals surface area contributed by atoms with Gasteiger partial charge < -0.3 is 31.0 Å². The fourth-order valence-corrected chi connectivity index (χ4v) is 5.06. The normalized spacial score (nSPS) is 15.5. The van der Waals surface area contributed by atoms with Crippen LogP contribution in [0.15, 0.2) is 65.7 Å². The molecule has 5 N–H and O–H groups in total. The summed E-state index contributed by atoms with van der Waals surface area (Å²) in [5.41, 5.74) is 4.82. The minimum atomic E-state index is -0.731. The summed E-state index contributed by atoms with van der Waals surface area (Å²) in [5.74, 6) is 0.0857. The number of carbonyl (C=O) groups is 1. The van der Waals surface area contributed by atoms with Crippen molar-refractivity contribution in [2.75, 3.05) is 25.0 Å². The summed E-state index contributed by atoms with van der Waals surface area (Å²) in [6.45, 7) is 2.78. The van der Waals surface area contributed by atoms with Gasteiger partial charge in [0.15, 0.2) is 6.29 Å². The highest BCUT2D eigenvalue weighted by molar-refractivity contribution is 8.01. The van der Waals surface area contributed by atoms with Gasteiger partial charge in [-0.1, -0.05) is 48.2 Å². The Hall–Kier alpha value is -2.91. The Bertz CT molecular complexity index is 1100. The largest absolute Gasteiger partial charge is 0.506 e. The predicted molar refractivity (Wildman–Crippen MR) is 135 cm³/mol. The average molecular weight is 479 g/mol. The first-order valence-electron chi connectivity index (χ1n) is 11.5. The van der Waals surface area contributed by atoms with Crippen molar-refractivity contribution in [3.63, 3.8) is 0 Å². The van der Waals surface area contributed by atoms with Crippen LogP contribution in [0.2, 0.25) is 0 Å². The van der Waals surface area contributed by atoms with Gasteiger partial charge in [0.05, 0.1) is 17.5 Å². The van der Waals surface area contributed by atoms with Gasteiger partial charge in [0, 0.05) is 24.2 Å². The Morgan fingerprint density at radius 3 is 2.59 bits per heavy atom. The number of thioether (sulfide) groups is 1. The van der Waals surface area contributed by atoms with Crippen molar-refractivity contribution in [2.45, 2.75) is 35.8 Å². The van der Waals surface area contributed by atoms with Gasteiger partial charge in [-0.2, -0.15) is 0 Å². The topological polar surface area (TPSA) is 107 Å². The van der Waals surface area contributed by atoms with Crippen LogP contribution >= 0.6 is 11.8 Å². The molecular weight excluding hydrogens is 448 g/mol. The van der Waals surface area contributed by atoms with Crippen molar-refractivity contribution in [3.8, 4) is 5.75 Å². The molecule has 2 aromatic carbocycles. The van der Waals surface area contributed by atoms with Crippen molar-refractivity contribution in [3.05, 3.63) is 83.2 Å². The zero-order valence-electron chi connectivity index (χ0n) is 18.9. The van der Waals surface area contributed by atoms with Crippen molar-refractivity contribution < 1.29 is 15.0 Å². The molecule has 178 valence electrons. The average Bonchev–Trinajstić information content (AvgIpc) is 3.31. The van der Waals surface area contributed by atoms with Crippen LogP contribution < -0.4 is 16.0 Å². The van der Waals surface area contributed by atoms with E-state index in [1.807, 2.05) is 24.4 Å². The molecule has 0 saturated heterocycles. The molecule has 0 bridgehead atoms. The van der Waals surface area contributed by atoms with Crippen LogP contribution in [0, 0.1) is 0 Å². The number of hydrogen-bond acceptors (Lipinski definition) is 8. The summed E-state index contributed by atoms with van der Waals surface area (Å²) in [7, 11) is 0. The third-order valence-corrected chi connectivity index (χ3v) is 6.88. The molecule has 1 aliphatic heterocycles. The number of aldehydes is 1. The number of nitrogens with zero attached hydrogens (tertiary/aromatic N) is 1. The van der Waals surface area contributed by atoms with E-state index >= 15 is 0 Å². The van der Waals surface area contributed by atoms with Crippen LogP contribution in [0.1, 0.15) is 28.5 Å². The second-order valence-corrected chi connectivity index (χ2v) is 9.39. The van der Waals surface area contributed by atoms with Gasteiger partial charge in [-0.25, -0.2) is 0 Å². The number of aliphatic hydroxyl groups excluding tert-OH is 1. The van der Waals surface area contributed by atoms with Crippen LogP contribution in [-0.4, -0.2) is 46.5 Å². The molecule has 1 unspecified atom stereocenters. The fourth-order valence-electron chi connectivity index (χ4n) is 3.95. The first-order chi connectivity index (χ1) is 16.6. The minimum Gasteiger partial charge on any atom is -0.506 e. The van der Waals surface area contributed by atoms with Gasteiger partial charge in [-0.15, -0.1) is 0 Å². The maximum atomic E-state index is 11.1. The number of nitrogens with one attached hydrogen (secondary N) is 3. The number of hydrogen-bond donors (Lipinski definition) is 5. The molecular formula is C26H30N4O3S. The Balaban J connectivity index is 1.21. The maximum absolute atomic E-state index is 11.1. The Morgan fingerprint density at radius 1 is 1.06 bits per heavy atom. The van der Waals surface area contributed by atoms with E-state index in [2.05, 4.69) is 45.2 Å². The number of aliphatic hydroxyl groups is 1. The van der Waals surface area contributed by atoms with Gasteiger partial charge in [-0.05, 0) is 60.8 Å². The molecule has 34 heavy (non-hydrogen) atoms. The van der Waals surface area contributed by atoms with Crippen molar-refractivity contribution in [1.29, 1.82) is 0 Å². The molecule has 0 fully saturated rings. The lowest BCUT2D eigenvalue weighted by molar-refractivity contribution is -0.107. The minimum absolute atomic E-state index is 0.0857. The quantitative estimate of drug-likeness (QED) is 0.154. The number of fused-ring (bicyclic) bond motifs is 1. The summed E-state index contributed by atoms with van der Waals surface area (Å²) in [6.07, 6.45) is 3.68. The number of carbonyl (C=O) groups excluding carboxylic acids is 1. The van der Waals surface area contributed by atoms with Crippen molar-refractivity contribution >= 4 is 23.7 Å². The van der Waals surface area contributed by atoms with Crippen LogP contribution in [0.25, 0.3) is 0 Å². The SMILES string of the molecule is O=CC1Nc2c(O)ccc([C@@H](O)CNCCc3cccc(CCNCc4ccccn4)c3)c2S1. The molecule has 4 rings (SSSR count). The van der Waals surface area contributed by atoms with Gasteiger partial charge >= 0.3 is 0 Å². The van der Waals surface area contributed by atoms with E-state index in [-0.39, 0.29) is 5.75 Å². The van der Waals surface area contributed by atoms with Gasteiger partial charge in [0.25, 0.3) is 0 Å². The third kappa shape index (κ3) is 6.36. The summed E-state index contributed by atoms with van der Waals surface area (Å²) in [6, 6.07) is 17.8. The zero-order valence-corrected chi connectivity index (χ0v) is 19.7. The van der Waals surface area contributed by atoms with E-state index in [4.69, 9.17) is 0 Å². The molecule has 0 radical (unpaired) electrons. The number of phenols is 1. The summed E-state index contributed by atoms with van der Waals surface area (Å²) in [5, 5.41) is 30.0. The number of anilines is 1. The highest BCUT2D eigenvalue weighted by atomic mass is 32.2. The van der Waals surface area contributed by atoms with Crippen LogP contribution in [0.5, 0.6) is 5.75 Å². The Morgan fingerprint density at radius 2 is 1.85 bits per heavy atom. The molecule has 7 nitrogen and oxygen atoms in total. The number of pyridine rings is 1. The molecule has 1 aromatic heterocycles. The first kappa shape index (κ1) is 24.2. The molecule has 8 heteroatoms. The third-order valence-electron chi connectivity index (χ3n) is 5.72. The Kier molecular flexibility index (Phi) is 8.54. The first-order valence-corrected chi connectivity index (χ1v) is 12.3. The van der Waals surface area contributed by atoms with Gasteiger partial charge in [-0.3, -0.25) is 4.98 Å². The van der Waals surface area contributed by atoms with Crippen LogP contribution in [-0.2, 0) is 24.2 Å². The number of benzene rings is 2. The maximum Gasteiger partial charge on any atom is 0.152 e. The number of aromatic nitrogens is 1. The van der Waals surface area contributed by atoms with E-state index in [9.17, 15) is 15.0 Å². The fraction of sp³-hybridized carbons (Fsp3) is 0.308. The highest BCUT2D eigenvalue weighted by Crippen LogP contribution is 2.46. The predicted octanol–water partition coefficient (Wildman–Crippen LogP) is 3.03. The summed E-state index contributed by atoms with van der Waals surface area (Å²) in [4.78, 5) is 16.2. The number of phenolic OH excluding ortho intramolecular Hbond substituents is 1. The molecule has 0 saturated carbocycles. The molecule has 0 amide bonds. The second kappa shape index (κ2) is 12.0. The standard InChI is InChI=1S/C26H30N4O3S/c31-17-24-30-25-22(32)8-7-21(26(25)34-24)23(33)16-28-13-10-19-5-3-4-18(14-19)9-12-27-15-20-6-1-2-11-29-20/h1-8,11,14,17,23-24,27-28,30,32-33H,9-10,12-13,15-16H2/t23-,24?/m0/s1. The van der Waals surface area contributed by atoms with E-state index < -0.39 is 11.5 Å². The lowest BCUT2D eigenvalue weighted by Gasteiger charge is -2.16. The lowest BCUT2D eigenvalue weighted by atomic mass is 10.1. The van der Waals surface area contributed by atoms with E-state index in [0.29, 0.717) is 17.8 Å².